The van der Waals surface area contributed by atoms with Crippen LogP contribution in [0.3, 0.4) is 0 Å². The molecule has 3 heterocycles. The maximum Gasteiger partial charge on any atom is 0.271 e. The van der Waals surface area contributed by atoms with Gasteiger partial charge in [-0.05, 0) is 43.3 Å². The van der Waals surface area contributed by atoms with Crippen LogP contribution in [-0.2, 0) is 10.0 Å². The Balaban J connectivity index is 1.67. The van der Waals surface area contributed by atoms with Crippen molar-refractivity contribution >= 4 is 48.7 Å². The first-order chi connectivity index (χ1) is 12.0. The number of aromatic nitrogens is 2. The number of thiazole rings is 1. The van der Waals surface area contributed by atoms with Gasteiger partial charge >= 0.3 is 0 Å². The van der Waals surface area contributed by atoms with E-state index in [9.17, 15) is 8.42 Å². The maximum atomic E-state index is 12.5. The fourth-order valence-electron chi connectivity index (χ4n) is 2.37. The Morgan fingerprint density at radius 3 is 2.68 bits per heavy atom. The molecule has 1 aromatic carbocycles. The second kappa shape index (κ2) is 6.21. The van der Waals surface area contributed by atoms with Gasteiger partial charge < -0.3 is 0 Å². The van der Waals surface area contributed by atoms with Crippen LogP contribution in [-0.4, -0.2) is 18.4 Å². The highest BCUT2D eigenvalue weighted by Gasteiger charge is 2.17. The summed E-state index contributed by atoms with van der Waals surface area (Å²) >= 11 is 2.73. The number of hydrogen-bond donors (Lipinski definition) is 1. The second-order valence-corrected chi connectivity index (χ2v) is 9.57. The molecule has 126 valence electrons. The van der Waals surface area contributed by atoms with E-state index in [1.807, 2.05) is 31.2 Å². The zero-order chi connectivity index (χ0) is 17.4. The van der Waals surface area contributed by atoms with Gasteiger partial charge in [-0.3, -0.25) is 4.72 Å². The molecular weight excluding hydrogens is 374 g/mol. The van der Waals surface area contributed by atoms with Crippen LogP contribution in [0.5, 0.6) is 0 Å². The number of nitrogens with zero attached hydrogens (tertiary/aromatic N) is 2. The number of aryl methyl sites for hydroxylation is 1. The van der Waals surface area contributed by atoms with Gasteiger partial charge in [-0.25, -0.2) is 18.4 Å². The van der Waals surface area contributed by atoms with Crippen LogP contribution in [0.15, 0.2) is 58.9 Å². The lowest BCUT2D eigenvalue weighted by molar-refractivity contribution is 0.603. The molecule has 5 nitrogen and oxygen atoms in total. The van der Waals surface area contributed by atoms with Crippen molar-refractivity contribution in [1.82, 2.24) is 9.97 Å². The van der Waals surface area contributed by atoms with Gasteiger partial charge in [-0.2, -0.15) is 0 Å². The molecule has 0 saturated carbocycles. The molecule has 0 aliphatic heterocycles. The van der Waals surface area contributed by atoms with Crippen LogP contribution < -0.4 is 4.72 Å². The number of hydrogen-bond acceptors (Lipinski definition) is 6. The number of thiophene rings is 1. The molecule has 0 fully saturated rings. The van der Waals surface area contributed by atoms with Crippen LogP contribution in [0.2, 0.25) is 0 Å². The van der Waals surface area contributed by atoms with Gasteiger partial charge in [0.25, 0.3) is 10.0 Å². The Morgan fingerprint density at radius 2 is 1.92 bits per heavy atom. The number of nitrogens with one attached hydrogen (secondary N) is 1. The highest BCUT2D eigenvalue weighted by molar-refractivity contribution is 7.94. The predicted octanol–water partition coefficient (Wildman–Crippen LogP) is 4.53. The van der Waals surface area contributed by atoms with E-state index in [0.717, 1.165) is 25.8 Å². The quantitative estimate of drug-likeness (QED) is 0.558. The van der Waals surface area contributed by atoms with E-state index in [-0.39, 0.29) is 0 Å². The summed E-state index contributed by atoms with van der Waals surface area (Å²) < 4.78 is 27.9. The molecule has 0 unspecified atom stereocenters. The first kappa shape index (κ1) is 16.2. The molecule has 0 aliphatic rings. The fourth-order valence-corrected chi connectivity index (χ4v) is 5.61. The number of fused-ring (bicyclic) bond motifs is 1. The third-order valence-corrected chi connectivity index (χ3v) is 7.41. The summed E-state index contributed by atoms with van der Waals surface area (Å²) in [6.07, 6.45) is 1.73. The largest absolute Gasteiger partial charge is 0.279 e. The summed E-state index contributed by atoms with van der Waals surface area (Å²) in [5.74, 6) is 0. The lowest BCUT2D eigenvalue weighted by atomic mass is 10.2. The van der Waals surface area contributed by atoms with Crippen molar-refractivity contribution in [2.45, 2.75) is 11.1 Å². The van der Waals surface area contributed by atoms with Crippen molar-refractivity contribution < 1.29 is 8.42 Å². The van der Waals surface area contributed by atoms with Crippen molar-refractivity contribution in [3.05, 3.63) is 59.6 Å². The Hall–Kier alpha value is -2.29. The molecule has 0 atom stereocenters. The molecule has 4 aromatic rings. The maximum absolute atomic E-state index is 12.5. The summed E-state index contributed by atoms with van der Waals surface area (Å²) in [4.78, 5) is 10.7. The number of pyridine rings is 1. The Bertz CT molecular complexity index is 1130. The monoisotopic (exact) mass is 387 g/mol. The molecule has 0 aliphatic carbocycles. The van der Waals surface area contributed by atoms with Crippen LogP contribution in [0.1, 0.15) is 4.88 Å². The molecule has 1 N–H and O–H groups in total. The fraction of sp³-hybridized carbons (Fsp3) is 0.0588. The minimum atomic E-state index is -3.58. The first-order valence-corrected chi connectivity index (χ1v) is 10.5. The molecule has 0 spiro atoms. The van der Waals surface area contributed by atoms with E-state index in [4.69, 9.17) is 0 Å². The molecular formula is C17H13N3O2S3. The molecule has 0 radical (unpaired) electrons. The number of rotatable bonds is 4. The van der Waals surface area contributed by atoms with Crippen LogP contribution in [0, 0.1) is 6.92 Å². The van der Waals surface area contributed by atoms with Crippen LogP contribution >= 0.6 is 22.7 Å². The smallest absolute Gasteiger partial charge is 0.271 e. The molecule has 4 rings (SSSR count). The number of benzene rings is 1. The van der Waals surface area contributed by atoms with Crippen LogP contribution in [0.25, 0.3) is 20.9 Å². The third-order valence-electron chi connectivity index (χ3n) is 3.51. The average Bonchev–Trinajstić information content (AvgIpc) is 3.21. The van der Waals surface area contributed by atoms with Gasteiger partial charge in [-0.15, -0.1) is 11.3 Å². The minimum absolute atomic E-state index is 0.305. The van der Waals surface area contributed by atoms with Crippen molar-refractivity contribution in [2.24, 2.45) is 0 Å². The summed E-state index contributed by atoms with van der Waals surface area (Å²) in [5, 5.41) is 0.807. The van der Waals surface area contributed by atoms with Crippen molar-refractivity contribution in [2.75, 3.05) is 4.72 Å². The first-order valence-electron chi connectivity index (χ1n) is 7.42. The Labute approximate surface area is 153 Å². The van der Waals surface area contributed by atoms with E-state index >= 15 is 0 Å². The standard InChI is InChI=1S/C17H13N3O2S3/c1-11-7-8-15(23-11)25(21,22)20-13-5-2-4-12(10-13)16-19-14-6-3-9-18-17(14)24-16/h2-10,20H,1H3. The molecule has 0 saturated heterocycles. The SMILES string of the molecule is Cc1ccc(S(=O)(=O)Nc2cccc(-c3nc4cccnc4s3)c2)s1. The molecule has 0 bridgehead atoms. The van der Waals surface area contributed by atoms with Crippen molar-refractivity contribution in [1.29, 1.82) is 0 Å². The predicted molar refractivity (Wildman–Crippen MR) is 103 cm³/mol. The summed E-state index contributed by atoms with van der Waals surface area (Å²) in [6, 6.07) is 14.4. The van der Waals surface area contributed by atoms with E-state index < -0.39 is 10.0 Å². The normalized spacial score (nSPS) is 11.7. The zero-order valence-electron chi connectivity index (χ0n) is 13.1. The van der Waals surface area contributed by atoms with E-state index in [1.54, 1.807) is 30.5 Å². The zero-order valence-corrected chi connectivity index (χ0v) is 15.6. The highest BCUT2D eigenvalue weighted by atomic mass is 32.2. The van der Waals surface area contributed by atoms with Gasteiger partial charge in [-0.1, -0.05) is 23.5 Å². The summed E-state index contributed by atoms with van der Waals surface area (Å²) in [5.41, 5.74) is 2.20. The second-order valence-electron chi connectivity index (χ2n) is 5.40. The highest BCUT2D eigenvalue weighted by Crippen LogP contribution is 2.31. The Kier molecular flexibility index (Phi) is 4.03. The molecule has 3 aromatic heterocycles. The summed E-state index contributed by atoms with van der Waals surface area (Å²) in [6.45, 7) is 1.88. The lowest BCUT2D eigenvalue weighted by Crippen LogP contribution is -2.11. The van der Waals surface area contributed by atoms with Gasteiger partial charge in [0.15, 0.2) is 0 Å². The van der Waals surface area contributed by atoms with Crippen molar-refractivity contribution in [3.63, 3.8) is 0 Å². The van der Waals surface area contributed by atoms with Gasteiger partial charge in [0.1, 0.15) is 19.6 Å². The minimum Gasteiger partial charge on any atom is -0.279 e. The molecule has 8 heteroatoms. The number of sulfonamides is 1. The van der Waals surface area contributed by atoms with Gasteiger partial charge in [0.05, 0.1) is 0 Å². The molecule has 25 heavy (non-hydrogen) atoms. The van der Waals surface area contributed by atoms with Crippen LogP contribution in [0.4, 0.5) is 5.69 Å². The molecule has 0 amide bonds. The third kappa shape index (κ3) is 3.28. The van der Waals surface area contributed by atoms with Gasteiger partial charge in [0.2, 0.25) is 0 Å². The van der Waals surface area contributed by atoms with E-state index in [0.29, 0.717) is 9.90 Å². The van der Waals surface area contributed by atoms with E-state index in [2.05, 4.69) is 14.7 Å². The van der Waals surface area contributed by atoms with E-state index in [1.165, 1.54) is 22.7 Å². The van der Waals surface area contributed by atoms with Crippen molar-refractivity contribution in [3.8, 4) is 10.6 Å². The summed E-state index contributed by atoms with van der Waals surface area (Å²) in [7, 11) is -3.58. The topological polar surface area (TPSA) is 72.0 Å². The average molecular weight is 388 g/mol. The number of anilines is 1. The lowest BCUT2D eigenvalue weighted by Gasteiger charge is -2.07. The van der Waals surface area contributed by atoms with Gasteiger partial charge in [0, 0.05) is 22.3 Å². The Morgan fingerprint density at radius 1 is 1.04 bits per heavy atom.